The Morgan fingerprint density at radius 2 is 2.00 bits per heavy atom. The van der Waals surface area contributed by atoms with Crippen LogP contribution < -0.4 is 4.74 Å². The zero-order valence-electron chi connectivity index (χ0n) is 11.4. The minimum Gasteiger partial charge on any atom is -0.494 e. The Bertz CT molecular complexity index is 613. The summed E-state index contributed by atoms with van der Waals surface area (Å²) in [7, 11) is 0. The van der Waals surface area contributed by atoms with Crippen LogP contribution in [0, 0.1) is 10.5 Å². The lowest BCUT2D eigenvalue weighted by Gasteiger charge is -2.17. The molecule has 4 heteroatoms. The molecule has 0 bridgehead atoms. The average Bonchev–Trinajstić information content (AvgIpc) is 2.42. The van der Waals surface area contributed by atoms with Crippen LogP contribution in [0.4, 0.5) is 0 Å². The molecule has 0 heterocycles. The van der Waals surface area contributed by atoms with Crippen molar-refractivity contribution in [3.8, 4) is 5.75 Å². The molecule has 2 nitrogen and oxygen atoms in total. The first-order chi connectivity index (χ1) is 9.54. The van der Waals surface area contributed by atoms with Crippen molar-refractivity contribution in [1.29, 1.82) is 0 Å². The second-order valence-electron chi connectivity index (χ2n) is 4.50. The van der Waals surface area contributed by atoms with Crippen molar-refractivity contribution in [2.24, 2.45) is 0 Å². The van der Waals surface area contributed by atoms with Crippen molar-refractivity contribution in [3.63, 3.8) is 0 Å². The maximum Gasteiger partial charge on any atom is 0.120 e. The Morgan fingerprint density at radius 3 is 2.65 bits per heavy atom. The summed E-state index contributed by atoms with van der Waals surface area (Å²) in [5.41, 5.74) is 2.94. The molecule has 0 spiro atoms. The Balaban J connectivity index is 2.38. The van der Waals surface area contributed by atoms with Crippen LogP contribution in [0.5, 0.6) is 5.75 Å². The molecule has 0 radical (unpaired) electrons. The molecule has 2 aromatic carbocycles. The quantitative estimate of drug-likeness (QED) is 0.680. The van der Waals surface area contributed by atoms with Crippen molar-refractivity contribution in [3.05, 3.63) is 61.1 Å². The number of aryl methyl sites for hydroxylation is 1. The van der Waals surface area contributed by atoms with Gasteiger partial charge >= 0.3 is 0 Å². The fraction of sp³-hybridized carbons (Fsp3) is 0.250. The van der Waals surface area contributed by atoms with Gasteiger partial charge in [-0.2, -0.15) is 0 Å². The Kier molecular flexibility index (Phi) is 5.46. The number of hydrogen-bond acceptors (Lipinski definition) is 2. The molecule has 0 aliphatic heterocycles. The molecule has 2 rings (SSSR count). The summed E-state index contributed by atoms with van der Waals surface area (Å²) in [6.07, 6.45) is -0.646. The van der Waals surface area contributed by atoms with E-state index in [0.717, 1.165) is 24.9 Å². The first-order valence-electron chi connectivity index (χ1n) is 6.40. The van der Waals surface area contributed by atoms with E-state index in [2.05, 4.69) is 38.5 Å². The highest BCUT2D eigenvalue weighted by Crippen LogP contribution is 2.34. The molecule has 20 heavy (non-hydrogen) atoms. The van der Waals surface area contributed by atoms with Gasteiger partial charge in [-0.15, -0.1) is 0 Å². The first-order valence-corrected chi connectivity index (χ1v) is 8.27. The molecular weight excluding hydrogens is 431 g/mol. The van der Waals surface area contributed by atoms with Crippen LogP contribution in [0.15, 0.2) is 40.9 Å². The molecule has 2 aromatic rings. The SMILES string of the molecule is CCOc1ccc(C(O)c2cccc(C)c2I)c(Br)c1. The highest BCUT2D eigenvalue weighted by atomic mass is 127. The van der Waals surface area contributed by atoms with Gasteiger partial charge in [-0.25, -0.2) is 0 Å². The highest BCUT2D eigenvalue weighted by molar-refractivity contribution is 14.1. The fourth-order valence-corrected chi connectivity index (χ4v) is 3.26. The second-order valence-corrected chi connectivity index (χ2v) is 6.43. The number of hydrogen-bond donors (Lipinski definition) is 1. The first kappa shape index (κ1) is 15.8. The predicted octanol–water partition coefficient (Wildman–Crippen LogP) is 4.84. The lowest BCUT2D eigenvalue weighted by Crippen LogP contribution is -2.04. The van der Waals surface area contributed by atoms with Gasteiger partial charge in [0.1, 0.15) is 11.9 Å². The number of benzene rings is 2. The summed E-state index contributed by atoms with van der Waals surface area (Å²) in [5.74, 6) is 0.800. The van der Waals surface area contributed by atoms with Gasteiger partial charge < -0.3 is 9.84 Å². The molecule has 1 atom stereocenters. The van der Waals surface area contributed by atoms with Gasteiger partial charge in [0.25, 0.3) is 0 Å². The number of halogens is 2. The molecule has 0 amide bonds. The van der Waals surface area contributed by atoms with Crippen LogP contribution in [0.25, 0.3) is 0 Å². The number of ether oxygens (including phenoxy) is 1. The molecule has 106 valence electrons. The average molecular weight is 447 g/mol. The second kappa shape index (κ2) is 6.91. The summed E-state index contributed by atoms with van der Waals surface area (Å²) >= 11 is 5.79. The summed E-state index contributed by atoms with van der Waals surface area (Å²) in [6, 6.07) is 11.7. The number of aliphatic hydroxyl groups is 1. The van der Waals surface area contributed by atoms with E-state index in [-0.39, 0.29) is 0 Å². The van der Waals surface area contributed by atoms with Crippen LogP contribution in [0.2, 0.25) is 0 Å². The minimum absolute atomic E-state index is 0.629. The van der Waals surface area contributed by atoms with Gasteiger partial charge in [-0.3, -0.25) is 0 Å². The standard InChI is InChI=1S/C16H16BrIO2/c1-3-20-11-7-8-12(14(17)9-11)16(19)13-6-4-5-10(2)15(13)18/h4-9,16,19H,3H2,1-2H3. The molecule has 0 aromatic heterocycles. The number of rotatable bonds is 4. The van der Waals surface area contributed by atoms with Gasteiger partial charge in [0.05, 0.1) is 6.61 Å². The van der Waals surface area contributed by atoms with Crippen LogP contribution in [-0.4, -0.2) is 11.7 Å². The van der Waals surface area contributed by atoms with Crippen molar-refractivity contribution in [1.82, 2.24) is 0 Å². The normalized spacial score (nSPS) is 12.2. The lowest BCUT2D eigenvalue weighted by molar-refractivity contribution is 0.218. The largest absolute Gasteiger partial charge is 0.494 e. The Hall–Kier alpha value is -0.590. The smallest absolute Gasteiger partial charge is 0.120 e. The van der Waals surface area contributed by atoms with E-state index in [0.29, 0.717) is 6.61 Å². The van der Waals surface area contributed by atoms with Gasteiger partial charge in [0.15, 0.2) is 0 Å². The fourth-order valence-electron chi connectivity index (χ4n) is 2.03. The predicted molar refractivity (Wildman–Crippen MR) is 93.3 cm³/mol. The van der Waals surface area contributed by atoms with Crippen molar-refractivity contribution in [2.75, 3.05) is 6.61 Å². The van der Waals surface area contributed by atoms with E-state index in [1.807, 2.05) is 50.2 Å². The molecule has 0 fully saturated rings. The Labute approximate surface area is 141 Å². The van der Waals surface area contributed by atoms with E-state index in [1.165, 1.54) is 5.56 Å². The van der Waals surface area contributed by atoms with E-state index in [1.54, 1.807) is 0 Å². The van der Waals surface area contributed by atoms with Gasteiger partial charge in [-0.1, -0.05) is 40.2 Å². The van der Waals surface area contributed by atoms with E-state index >= 15 is 0 Å². The maximum absolute atomic E-state index is 10.6. The molecular formula is C16H16BrIO2. The summed E-state index contributed by atoms with van der Waals surface area (Å²) in [4.78, 5) is 0. The third kappa shape index (κ3) is 3.35. The molecule has 0 aliphatic rings. The van der Waals surface area contributed by atoms with Gasteiger partial charge in [0, 0.05) is 8.04 Å². The van der Waals surface area contributed by atoms with E-state index in [4.69, 9.17) is 4.74 Å². The Morgan fingerprint density at radius 1 is 1.25 bits per heavy atom. The summed E-state index contributed by atoms with van der Waals surface area (Å²) in [6.45, 7) is 4.63. The van der Waals surface area contributed by atoms with Gasteiger partial charge in [-0.05, 0) is 65.3 Å². The molecule has 1 unspecified atom stereocenters. The van der Waals surface area contributed by atoms with Crippen LogP contribution in [-0.2, 0) is 0 Å². The summed E-state index contributed by atoms with van der Waals surface area (Å²) < 4.78 is 7.41. The summed E-state index contributed by atoms with van der Waals surface area (Å²) in [5, 5.41) is 10.6. The van der Waals surface area contributed by atoms with Crippen molar-refractivity contribution >= 4 is 38.5 Å². The van der Waals surface area contributed by atoms with Gasteiger partial charge in [0.2, 0.25) is 0 Å². The molecule has 0 saturated heterocycles. The van der Waals surface area contributed by atoms with Crippen molar-refractivity contribution in [2.45, 2.75) is 20.0 Å². The zero-order valence-corrected chi connectivity index (χ0v) is 15.1. The maximum atomic E-state index is 10.6. The van der Waals surface area contributed by atoms with Crippen LogP contribution in [0.1, 0.15) is 29.7 Å². The van der Waals surface area contributed by atoms with E-state index in [9.17, 15) is 5.11 Å². The monoisotopic (exact) mass is 446 g/mol. The highest BCUT2D eigenvalue weighted by Gasteiger charge is 2.17. The third-order valence-electron chi connectivity index (χ3n) is 3.09. The third-order valence-corrected chi connectivity index (χ3v) is 5.25. The van der Waals surface area contributed by atoms with Crippen LogP contribution in [0.3, 0.4) is 0 Å². The molecule has 0 saturated carbocycles. The zero-order chi connectivity index (χ0) is 14.7. The number of aliphatic hydroxyl groups excluding tert-OH is 1. The topological polar surface area (TPSA) is 29.5 Å². The molecule has 0 aliphatic carbocycles. The minimum atomic E-state index is -0.646. The molecule has 1 N–H and O–H groups in total. The lowest BCUT2D eigenvalue weighted by atomic mass is 10.00. The van der Waals surface area contributed by atoms with E-state index < -0.39 is 6.10 Å². The van der Waals surface area contributed by atoms with Crippen molar-refractivity contribution < 1.29 is 9.84 Å². The van der Waals surface area contributed by atoms with Crippen LogP contribution >= 0.6 is 38.5 Å².